The molecule has 1 aromatic heterocycles. The average Bonchev–Trinajstić information content (AvgIpc) is 2.82. The molecule has 0 saturated heterocycles. The lowest BCUT2D eigenvalue weighted by Gasteiger charge is -2.08. The van der Waals surface area contributed by atoms with Crippen LogP contribution in [0.3, 0.4) is 0 Å². The molecule has 0 fully saturated rings. The average molecular weight is 315 g/mol. The second-order valence-corrected chi connectivity index (χ2v) is 6.28. The van der Waals surface area contributed by atoms with Gasteiger partial charge in [-0.2, -0.15) is 5.26 Å². The Hall–Kier alpha value is -1.90. The number of thioether (sulfide) groups is 1. The number of aliphatic hydroxyl groups is 1. The molecule has 0 spiro atoms. The Labute approximate surface area is 135 Å². The topological polar surface area (TPSA) is 61.0 Å². The van der Waals surface area contributed by atoms with Gasteiger partial charge in [0.1, 0.15) is 11.8 Å². The number of nitrogens with zero attached hydrogens (tertiary/aromatic N) is 2. The van der Waals surface area contributed by atoms with E-state index in [0.717, 1.165) is 29.1 Å². The highest BCUT2D eigenvalue weighted by atomic mass is 32.2. The van der Waals surface area contributed by atoms with Gasteiger partial charge >= 0.3 is 0 Å². The molecule has 0 aliphatic heterocycles. The number of hydrogen-bond donors (Lipinski definition) is 2. The quantitative estimate of drug-likeness (QED) is 0.608. The number of nitrogens with one attached hydrogen (secondary N) is 1. The van der Waals surface area contributed by atoms with Crippen molar-refractivity contribution in [3.63, 3.8) is 0 Å². The Kier molecular flexibility index (Phi) is 5.93. The van der Waals surface area contributed by atoms with Gasteiger partial charge in [0.2, 0.25) is 0 Å². The molecular weight excluding hydrogens is 294 g/mol. The monoisotopic (exact) mass is 315 g/mol. The van der Waals surface area contributed by atoms with E-state index in [1.807, 2.05) is 24.6 Å². The Morgan fingerprint density at radius 2 is 2.05 bits per heavy atom. The van der Waals surface area contributed by atoms with E-state index < -0.39 is 0 Å². The summed E-state index contributed by atoms with van der Waals surface area (Å²) in [4.78, 5) is 1.21. The fraction of sp³-hybridized carbons (Fsp3) is 0.353. The van der Waals surface area contributed by atoms with Gasteiger partial charge in [0.05, 0.1) is 0 Å². The summed E-state index contributed by atoms with van der Waals surface area (Å²) in [5.74, 6) is 0.934. The molecule has 0 aliphatic rings. The highest BCUT2D eigenvalue weighted by Gasteiger charge is 2.08. The van der Waals surface area contributed by atoms with Crippen molar-refractivity contribution < 1.29 is 5.11 Å². The summed E-state index contributed by atoms with van der Waals surface area (Å²) >= 11 is 1.75. The van der Waals surface area contributed by atoms with Crippen molar-refractivity contribution >= 4 is 17.4 Å². The zero-order chi connectivity index (χ0) is 15.9. The van der Waals surface area contributed by atoms with Crippen LogP contribution in [-0.2, 0) is 13.6 Å². The summed E-state index contributed by atoms with van der Waals surface area (Å²) in [6.07, 6.45) is 0.819. The van der Waals surface area contributed by atoms with E-state index in [0.29, 0.717) is 12.2 Å². The first-order chi connectivity index (χ1) is 10.7. The fourth-order valence-electron chi connectivity index (χ4n) is 2.17. The van der Waals surface area contributed by atoms with Gasteiger partial charge in [0.15, 0.2) is 0 Å². The van der Waals surface area contributed by atoms with Crippen LogP contribution in [0.4, 0.5) is 5.69 Å². The number of rotatable bonds is 7. The molecule has 5 heteroatoms. The van der Waals surface area contributed by atoms with Crippen LogP contribution in [0.15, 0.2) is 35.2 Å². The van der Waals surface area contributed by atoms with Crippen molar-refractivity contribution in [3.05, 3.63) is 47.3 Å². The van der Waals surface area contributed by atoms with Crippen LogP contribution >= 0.6 is 11.8 Å². The van der Waals surface area contributed by atoms with E-state index in [9.17, 15) is 0 Å². The number of hydrogen-bond acceptors (Lipinski definition) is 4. The molecule has 1 heterocycles. The van der Waals surface area contributed by atoms with Crippen LogP contribution in [0.25, 0.3) is 0 Å². The number of aliphatic hydroxyl groups excluding tert-OH is 1. The molecule has 4 nitrogen and oxygen atoms in total. The second kappa shape index (κ2) is 7.92. The second-order valence-electron chi connectivity index (χ2n) is 5.11. The van der Waals surface area contributed by atoms with Crippen molar-refractivity contribution in [2.45, 2.75) is 24.8 Å². The maximum atomic E-state index is 9.05. The Bertz CT molecular complexity index is 656. The molecule has 2 rings (SSSR count). The molecule has 1 aromatic carbocycles. The molecule has 0 atom stereocenters. The molecular formula is C17H21N3OS. The van der Waals surface area contributed by atoms with Crippen molar-refractivity contribution in [1.82, 2.24) is 4.57 Å². The first-order valence-corrected chi connectivity index (χ1v) is 8.27. The van der Waals surface area contributed by atoms with Gasteiger partial charge in [0, 0.05) is 42.2 Å². The predicted octanol–water partition coefficient (Wildman–Crippen LogP) is 3.29. The highest BCUT2D eigenvalue weighted by molar-refractivity contribution is 7.99. The van der Waals surface area contributed by atoms with Gasteiger partial charge in [-0.3, -0.25) is 0 Å². The zero-order valence-electron chi connectivity index (χ0n) is 13.0. The summed E-state index contributed by atoms with van der Waals surface area (Å²) in [5, 5.41) is 21.2. The number of anilines is 1. The van der Waals surface area contributed by atoms with Crippen LogP contribution in [0.5, 0.6) is 0 Å². The third kappa shape index (κ3) is 4.06. The van der Waals surface area contributed by atoms with Crippen LogP contribution in [0, 0.1) is 18.3 Å². The van der Waals surface area contributed by atoms with E-state index in [-0.39, 0.29) is 6.61 Å². The Balaban J connectivity index is 1.93. The largest absolute Gasteiger partial charge is 0.396 e. The van der Waals surface area contributed by atoms with Crippen molar-refractivity contribution in [2.75, 3.05) is 17.7 Å². The standard InChI is InChI=1S/C17H21N3OS/c1-13-14(10-16(11-18)20(13)2)12-19-15-4-6-17(7-5-15)22-9-3-8-21/h4-7,10,19,21H,3,8-9,12H2,1-2H3. The van der Waals surface area contributed by atoms with Crippen molar-refractivity contribution in [1.29, 1.82) is 5.26 Å². The summed E-state index contributed by atoms with van der Waals surface area (Å²) < 4.78 is 1.91. The van der Waals surface area contributed by atoms with Gasteiger partial charge in [-0.1, -0.05) is 0 Å². The lowest BCUT2D eigenvalue weighted by Crippen LogP contribution is -2.01. The summed E-state index contributed by atoms with van der Waals surface area (Å²) in [7, 11) is 1.91. The first-order valence-electron chi connectivity index (χ1n) is 7.28. The van der Waals surface area contributed by atoms with Crippen molar-refractivity contribution in [2.24, 2.45) is 7.05 Å². The van der Waals surface area contributed by atoms with Crippen LogP contribution in [-0.4, -0.2) is 22.0 Å². The molecule has 116 valence electrons. The van der Waals surface area contributed by atoms with Gasteiger partial charge < -0.3 is 15.0 Å². The minimum absolute atomic E-state index is 0.244. The molecule has 2 aromatic rings. The molecule has 0 saturated carbocycles. The summed E-state index contributed by atoms with van der Waals surface area (Å²) in [6.45, 7) is 2.98. The van der Waals surface area contributed by atoms with Crippen LogP contribution in [0.2, 0.25) is 0 Å². The maximum absolute atomic E-state index is 9.05. The Morgan fingerprint density at radius 1 is 1.32 bits per heavy atom. The third-order valence-corrected chi connectivity index (χ3v) is 4.76. The van der Waals surface area contributed by atoms with E-state index in [4.69, 9.17) is 10.4 Å². The minimum Gasteiger partial charge on any atom is -0.396 e. The van der Waals surface area contributed by atoms with Crippen molar-refractivity contribution in [3.8, 4) is 6.07 Å². The highest BCUT2D eigenvalue weighted by Crippen LogP contribution is 2.22. The van der Waals surface area contributed by atoms with Crippen LogP contribution < -0.4 is 5.32 Å². The fourth-order valence-corrected chi connectivity index (χ4v) is 3.01. The SMILES string of the molecule is Cc1c(CNc2ccc(SCCCO)cc2)cc(C#N)n1C. The molecule has 0 unspecified atom stereocenters. The normalized spacial score (nSPS) is 10.5. The third-order valence-electron chi connectivity index (χ3n) is 3.66. The minimum atomic E-state index is 0.244. The molecule has 2 N–H and O–H groups in total. The van der Waals surface area contributed by atoms with E-state index in [1.54, 1.807) is 11.8 Å². The van der Waals surface area contributed by atoms with E-state index >= 15 is 0 Å². The molecule has 22 heavy (non-hydrogen) atoms. The van der Waals surface area contributed by atoms with Gasteiger partial charge in [-0.25, -0.2) is 0 Å². The summed E-state index contributed by atoms with van der Waals surface area (Å²) in [5.41, 5.74) is 4.00. The number of nitriles is 1. The molecule has 0 radical (unpaired) electrons. The van der Waals surface area contributed by atoms with Gasteiger partial charge in [-0.05, 0) is 49.2 Å². The first kappa shape index (κ1) is 16.5. The number of aromatic nitrogens is 1. The molecule has 0 aliphatic carbocycles. The van der Waals surface area contributed by atoms with E-state index in [2.05, 4.69) is 35.7 Å². The lowest BCUT2D eigenvalue weighted by atomic mass is 10.2. The molecule has 0 bridgehead atoms. The van der Waals surface area contributed by atoms with Gasteiger partial charge in [0.25, 0.3) is 0 Å². The maximum Gasteiger partial charge on any atom is 0.120 e. The van der Waals surface area contributed by atoms with E-state index in [1.165, 1.54) is 4.90 Å². The zero-order valence-corrected chi connectivity index (χ0v) is 13.8. The number of benzene rings is 1. The molecule has 0 amide bonds. The Morgan fingerprint density at radius 3 is 2.64 bits per heavy atom. The van der Waals surface area contributed by atoms with Crippen LogP contribution in [0.1, 0.15) is 23.4 Å². The smallest absolute Gasteiger partial charge is 0.120 e. The lowest BCUT2D eigenvalue weighted by molar-refractivity contribution is 0.296. The summed E-state index contributed by atoms with van der Waals surface area (Å²) in [6, 6.07) is 12.4. The predicted molar refractivity (Wildman–Crippen MR) is 91.1 cm³/mol. The van der Waals surface area contributed by atoms with Gasteiger partial charge in [-0.15, -0.1) is 11.8 Å².